The zero-order chi connectivity index (χ0) is 19.7. The summed E-state index contributed by atoms with van der Waals surface area (Å²) in [6, 6.07) is 13.9. The summed E-state index contributed by atoms with van der Waals surface area (Å²) >= 11 is 6.06. The first-order valence-corrected chi connectivity index (χ1v) is 10.1. The fourth-order valence-electron chi connectivity index (χ4n) is 4.07. The molecule has 146 valence electrons. The number of benzene rings is 2. The Morgan fingerprint density at radius 1 is 0.929 bits per heavy atom. The highest BCUT2D eigenvalue weighted by Gasteiger charge is 2.37. The lowest BCUT2D eigenvalue weighted by molar-refractivity contribution is -0.114. The molecule has 2 aliphatic heterocycles. The molecule has 0 atom stereocenters. The molecule has 2 aromatic rings. The SMILES string of the molecule is Cc1cc(Cl)cc2c1N(CCN1CCN(Cc3ccccc3)CC1)C(=O)C2=O. The van der Waals surface area contributed by atoms with Crippen LogP contribution in [0.2, 0.25) is 5.02 Å². The van der Waals surface area contributed by atoms with Gasteiger partial charge in [-0.05, 0) is 30.2 Å². The molecule has 1 amide bonds. The first-order chi connectivity index (χ1) is 13.5. The zero-order valence-electron chi connectivity index (χ0n) is 16.0. The largest absolute Gasteiger partial charge is 0.303 e. The fourth-order valence-corrected chi connectivity index (χ4v) is 4.35. The maximum Gasteiger partial charge on any atom is 0.299 e. The summed E-state index contributed by atoms with van der Waals surface area (Å²) < 4.78 is 0. The number of nitrogens with zero attached hydrogens (tertiary/aromatic N) is 3. The fraction of sp³-hybridized carbons (Fsp3) is 0.364. The molecule has 0 saturated carbocycles. The van der Waals surface area contributed by atoms with Gasteiger partial charge in [-0.25, -0.2) is 0 Å². The van der Waals surface area contributed by atoms with E-state index in [-0.39, 0.29) is 0 Å². The molecule has 6 heteroatoms. The van der Waals surface area contributed by atoms with E-state index in [1.165, 1.54) is 5.56 Å². The van der Waals surface area contributed by atoms with E-state index in [0.29, 0.717) is 17.1 Å². The standard InChI is InChI=1S/C22H24ClN3O2/c1-16-13-18(23)14-19-20(16)26(22(28)21(19)27)12-11-24-7-9-25(10-8-24)15-17-5-3-2-4-6-17/h2-6,13-14H,7-12,15H2,1H3. The van der Waals surface area contributed by atoms with Crippen LogP contribution in [0.15, 0.2) is 42.5 Å². The van der Waals surface area contributed by atoms with Crippen molar-refractivity contribution in [3.63, 3.8) is 0 Å². The molecular formula is C22H24ClN3O2. The quantitative estimate of drug-likeness (QED) is 0.727. The Balaban J connectivity index is 1.34. The molecule has 0 spiro atoms. The van der Waals surface area contributed by atoms with Gasteiger partial charge < -0.3 is 4.90 Å². The van der Waals surface area contributed by atoms with Crippen molar-refractivity contribution in [1.29, 1.82) is 0 Å². The minimum atomic E-state index is -0.451. The van der Waals surface area contributed by atoms with Crippen molar-refractivity contribution in [2.24, 2.45) is 0 Å². The monoisotopic (exact) mass is 397 g/mol. The Kier molecular flexibility index (Phi) is 5.49. The molecule has 2 aliphatic rings. The highest BCUT2D eigenvalue weighted by molar-refractivity contribution is 6.52. The van der Waals surface area contributed by atoms with Crippen LogP contribution in [0.5, 0.6) is 0 Å². The van der Waals surface area contributed by atoms with Gasteiger partial charge in [0.25, 0.3) is 11.7 Å². The third-order valence-electron chi connectivity index (χ3n) is 5.57. The maximum absolute atomic E-state index is 12.5. The molecule has 0 N–H and O–H groups in total. The predicted octanol–water partition coefficient (Wildman–Crippen LogP) is 3.00. The Morgan fingerprint density at radius 3 is 2.32 bits per heavy atom. The number of fused-ring (bicyclic) bond motifs is 1. The number of amides is 1. The van der Waals surface area contributed by atoms with Gasteiger partial charge in [-0.1, -0.05) is 41.9 Å². The van der Waals surface area contributed by atoms with Gasteiger partial charge in [-0.15, -0.1) is 0 Å². The molecule has 4 rings (SSSR count). The number of Topliss-reactive ketones (excluding diaryl/α,β-unsaturated/α-hetero) is 1. The van der Waals surface area contributed by atoms with Gasteiger partial charge in [0, 0.05) is 50.8 Å². The van der Waals surface area contributed by atoms with Crippen molar-refractivity contribution in [2.75, 3.05) is 44.2 Å². The summed E-state index contributed by atoms with van der Waals surface area (Å²) in [7, 11) is 0. The van der Waals surface area contributed by atoms with Gasteiger partial charge >= 0.3 is 0 Å². The molecule has 0 aromatic heterocycles. The first-order valence-electron chi connectivity index (χ1n) is 9.68. The predicted molar refractivity (Wildman–Crippen MR) is 111 cm³/mol. The summed E-state index contributed by atoms with van der Waals surface area (Å²) in [6.07, 6.45) is 0. The summed E-state index contributed by atoms with van der Waals surface area (Å²) in [5, 5.41) is 0.494. The molecule has 2 aromatic carbocycles. The normalized spacial score (nSPS) is 18.0. The first kappa shape index (κ1) is 19.1. The van der Waals surface area contributed by atoms with Crippen molar-refractivity contribution in [1.82, 2.24) is 9.80 Å². The number of anilines is 1. The third-order valence-corrected chi connectivity index (χ3v) is 5.79. The minimum absolute atomic E-state index is 0.433. The summed E-state index contributed by atoms with van der Waals surface area (Å²) in [5.74, 6) is -0.892. The lowest BCUT2D eigenvalue weighted by Crippen LogP contribution is -2.48. The Labute approximate surface area is 170 Å². The molecule has 0 unspecified atom stereocenters. The molecule has 1 fully saturated rings. The molecule has 0 bridgehead atoms. The molecule has 1 saturated heterocycles. The Bertz CT molecular complexity index is 892. The highest BCUT2D eigenvalue weighted by atomic mass is 35.5. The van der Waals surface area contributed by atoms with E-state index in [4.69, 9.17) is 11.6 Å². The second-order valence-electron chi connectivity index (χ2n) is 7.51. The average molecular weight is 398 g/mol. The number of hydrogen-bond donors (Lipinski definition) is 0. The number of hydrogen-bond acceptors (Lipinski definition) is 4. The van der Waals surface area contributed by atoms with Crippen LogP contribution in [0.1, 0.15) is 21.5 Å². The lowest BCUT2D eigenvalue weighted by atomic mass is 10.1. The van der Waals surface area contributed by atoms with E-state index in [0.717, 1.165) is 50.5 Å². The van der Waals surface area contributed by atoms with Crippen LogP contribution in [0.25, 0.3) is 0 Å². The van der Waals surface area contributed by atoms with Gasteiger partial charge in [0.1, 0.15) is 0 Å². The van der Waals surface area contributed by atoms with Crippen LogP contribution in [0.4, 0.5) is 5.69 Å². The lowest BCUT2D eigenvalue weighted by Gasteiger charge is -2.35. The average Bonchev–Trinajstić information content (AvgIpc) is 2.93. The molecule has 2 heterocycles. The Morgan fingerprint density at radius 2 is 1.61 bits per heavy atom. The number of aryl methyl sites for hydroxylation is 1. The smallest absolute Gasteiger partial charge is 0.299 e. The third kappa shape index (κ3) is 3.83. The van der Waals surface area contributed by atoms with Gasteiger partial charge in [-0.2, -0.15) is 0 Å². The summed E-state index contributed by atoms with van der Waals surface area (Å²) in [5.41, 5.74) is 3.36. The van der Waals surface area contributed by atoms with Crippen molar-refractivity contribution < 1.29 is 9.59 Å². The number of halogens is 1. The second kappa shape index (κ2) is 8.03. The number of carbonyl (C=O) groups is 2. The van der Waals surface area contributed by atoms with Crippen LogP contribution >= 0.6 is 11.6 Å². The van der Waals surface area contributed by atoms with Gasteiger partial charge in [-0.3, -0.25) is 19.4 Å². The number of ketones is 1. The van der Waals surface area contributed by atoms with E-state index >= 15 is 0 Å². The second-order valence-corrected chi connectivity index (χ2v) is 7.94. The number of rotatable bonds is 5. The van der Waals surface area contributed by atoms with Crippen molar-refractivity contribution in [2.45, 2.75) is 13.5 Å². The number of carbonyl (C=O) groups excluding carboxylic acids is 2. The minimum Gasteiger partial charge on any atom is -0.303 e. The molecule has 0 radical (unpaired) electrons. The van der Waals surface area contributed by atoms with Gasteiger partial charge in [0.05, 0.1) is 11.3 Å². The topological polar surface area (TPSA) is 43.9 Å². The van der Waals surface area contributed by atoms with Crippen molar-refractivity contribution in [3.05, 3.63) is 64.2 Å². The van der Waals surface area contributed by atoms with Gasteiger partial charge in [0.2, 0.25) is 0 Å². The van der Waals surface area contributed by atoms with E-state index in [1.807, 2.05) is 19.1 Å². The number of piperazine rings is 1. The van der Waals surface area contributed by atoms with E-state index in [1.54, 1.807) is 11.0 Å². The maximum atomic E-state index is 12.5. The van der Waals surface area contributed by atoms with Gasteiger partial charge in [0.15, 0.2) is 0 Å². The molecule has 0 aliphatic carbocycles. The molecule has 28 heavy (non-hydrogen) atoms. The van der Waals surface area contributed by atoms with E-state index in [2.05, 4.69) is 34.1 Å². The van der Waals surface area contributed by atoms with Crippen LogP contribution in [0.3, 0.4) is 0 Å². The molecule has 5 nitrogen and oxygen atoms in total. The van der Waals surface area contributed by atoms with Crippen LogP contribution < -0.4 is 4.90 Å². The van der Waals surface area contributed by atoms with Crippen molar-refractivity contribution >= 4 is 29.0 Å². The van der Waals surface area contributed by atoms with E-state index < -0.39 is 11.7 Å². The Hall–Kier alpha value is -2.21. The van der Waals surface area contributed by atoms with E-state index in [9.17, 15) is 9.59 Å². The summed E-state index contributed by atoms with van der Waals surface area (Å²) in [6.45, 7) is 8.11. The zero-order valence-corrected chi connectivity index (χ0v) is 16.8. The summed E-state index contributed by atoms with van der Waals surface area (Å²) in [4.78, 5) is 31.2. The highest BCUT2D eigenvalue weighted by Crippen LogP contribution is 2.34. The van der Waals surface area contributed by atoms with Crippen molar-refractivity contribution in [3.8, 4) is 0 Å². The van der Waals surface area contributed by atoms with Crippen LogP contribution in [-0.4, -0.2) is 60.8 Å². The molecular weight excluding hydrogens is 374 g/mol. The van der Waals surface area contributed by atoms with Crippen LogP contribution in [-0.2, 0) is 11.3 Å². The van der Waals surface area contributed by atoms with Crippen LogP contribution in [0, 0.1) is 6.92 Å².